The van der Waals surface area contributed by atoms with E-state index in [-0.39, 0.29) is 29.9 Å². The molecule has 1 rings (SSSR count). The standard InChI is InChI=1S/C20H32N4O.HI/c1-4-5-6-7-11-17-24(3)20(21-2)23-16-12-15-22-19(25)18-13-9-8-10-14-18;/h4,8-10,13-14H,1,5-7,11-12,15-17H2,2-3H3,(H,21,23)(H,22,25);1H. The highest BCUT2D eigenvalue weighted by atomic mass is 127. The average Bonchev–Trinajstić information content (AvgIpc) is 2.64. The Balaban J connectivity index is 0.00000625. The van der Waals surface area contributed by atoms with Crippen molar-refractivity contribution >= 4 is 35.8 Å². The highest BCUT2D eigenvalue weighted by Crippen LogP contribution is 2.01. The zero-order chi connectivity index (χ0) is 18.3. The molecule has 0 aliphatic carbocycles. The molecule has 0 bridgehead atoms. The molecule has 1 aromatic carbocycles. The molecule has 0 fully saturated rings. The molecule has 2 N–H and O–H groups in total. The van der Waals surface area contributed by atoms with Gasteiger partial charge >= 0.3 is 0 Å². The molecule has 0 saturated carbocycles. The summed E-state index contributed by atoms with van der Waals surface area (Å²) in [5, 5.41) is 6.28. The fourth-order valence-electron chi connectivity index (χ4n) is 2.49. The zero-order valence-corrected chi connectivity index (χ0v) is 18.4. The Labute approximate surface area is 175 Å². The predicted octanol–water partition coefficient (Wildman–Crippen LogP) is 3.68. The van der Waals surface area contributed by atoms with Gasteiger partial charge in [0.05, 0.1) is 0 Å². The van der Waals surface area contributed by atoms with Crippen molar-refractivity contribution in [2.24, 2.45) is 4.99 Å². The van der Waals surface area contributed by atoms with Gasteiger partial charge in [0.2, 0.25) is 0 Å². The normalized spacial score (nSPS) is 10.6. The number of allylic oxidation sites excluding steroid dienone is 1. The molecule has 0 atom stereocenters. The number of nitrogens with one attached hydrogen (secondary N) is 2. The number of halogens is 1. The van der Waals surface area contributed by atoms with Crippen LogP contribution in [-0.2, 0) is 0 Å². The molecule has 1 amide bonds. The topological polar surface area (TPSA) is 56.7 Å². The second-order valence-corrected chi connectivity index (χ2v) is 6.01. The third kappa shape index (κ3) is 10.4. The van der Waals surface area contributed by atoms with Gasteiger partial charge in [0.25, 0.3) is 5.91 Å². The van der Waals surface area contributed by atoms with Crippen molar-refractivity contribution in [1.82, 2.24) is 15.5 Å². The van der Waals surface area contributed by atoms with E-state index >= 15 is 0 Å². The molecule has 26 heavy (non-hydrogen) atoms. The molecular weight excluding hydrogens is 439 g/mol. The lowest BCUT2D eigenvalue weighted by molar-refractivity contribution is 0.0953. The molecule has 0 saturated heterocycles. The Morgan fingerprint density at radius 3 is 2.46 bits per heavy atom. The maximum absolute atomic E-state index is 11.9. The smallest absolute Gasteiger partial charge is 0.251 e. The van der Waals surface area contributed by atoms with Crippen LogP contribution in [0, 0.1) is 0 Å². The first-order valence-electron chi connectivity index (χ1n) is 9.05. The minimum absolute atomic E-state index is 0. The van der Waals surface area contributed by atoms with E-state index in [2.05, 4.69) is 34.2 Å². The van der Waals surface area contributed by atoms with E-state index in [9.17, 15) is 4.79 Å². The third-order valence-electron chi connectivity index (χ3n) is 3.93. The van der Waals surface area contributed by atoms with Gasteiger partial charge in [0, 0.05) is 39.3 Å². The van der Waals surface area contributed by atoms with Crippen LogP contribution in [0.1, 0.15) is 42.5 Å². The highest BCUT2D eigenvalue weighted by Gasteiger charge is 2.05. The van der Waals surface area contributed by atoms with Crippen LogP contribution in [0.2, 0.25) is 0 Å². The number of guanidine groups is 1. The number of carbonyl (C=O) groups excluding carboxylic acids is 1. The molecular formula is C20H33IN4O. The van der Waals surface area contributed by atoms with Crippen LogP contribution in [0.15, 0.2) is 48.0 Å². The molecule has 0 aliphatic heterocycles. The monoisotopic (exact) mass is 472 g/mol. The van der Waals surface area contributed by atoms with E-state index in [1.54, 1.807) is 7.05 Å². The fraction of sp³-hybridized carbons (Fsp3) is 0.500. The van der Waals surface area contributed by atoms with Gasteiger partial charge < -0.3 is 15.5 Å². The van der Waals surface area contributed by atoms with Gasteiger partial charge in [-0.3, -0.25) is 9.79 Å². The van der Waals surface area contributed by atoms with Crippen LogP contribution in [0.3, 0.4) is 0 Å². The van der Waals surface area contributed by atoms with Crippen LogP contribution in [0.4, 0.5) is 0 Å². The van der Waals surface area contributed by atoms with Gasteiger partial charge in [-0.2, -0.15) is 0 Å². The Bertz CT molecular complexity index is 534. The first-order valence-corrected chi connectivity index (χ1v) is 9.05. The quantitative estimate of drug-likeness (QED) is 0.170. The summed E-state index contributed by atoms with van der Waals surface area (Å²) in [7, 11) is 3.85. The molecule has 146 valence electrons. The van der Waals surface area contributed by atoms with E-state index in [0.29, 0.717) is 12.1 Å². The lowest BCUT2D eigenvalue weighted by Gasteiger charge is -2.22. The third-order valence-corrected chi connectivity index (χ3v) is 3.93. The molecule has 0 spiro atoms. The van der Waals surface area contributed by atoms with Gasteiger partial charge in [0.15, 0.2) is 5.96 Å². The van der Waals surface area contributed by atoms with E-state index in [1.165, 1.54) is 12.8 Å². The summed E-state index contributed by atoms with van der Waals surface area (Å²) in [6, 6.07) is 9.28. The zero-order valence-electron chi connectivity index (χ0n) is 16.0. The minimum Gasteiger partial charge on any atom is -0.356 e. The van der Waals surface area contributed by atoms with Crippen molar-refractivity contribution < 1.29 is 4.79 Å². The Hall–Kier alpha value is -1.57. The number of amides is 1. The second kappa shape index (κ2) is 15.7. The molecule has 0 heterocycles. The summed E-state index contributed by atoms with van der Waals surface area (Å²) in [6.07, 6.45) is 7.47. The molecule has 0 unspecified atom stereocenters. The van der Waals surface area contributed by atoms with Crippen molar-refractivity contribution in [3.8, 4) is 0 Å². The van der Waals surface area contributed by atoms with Gasteiger partial charge in [-0.05, 0) is 37.8 Å². The first kappa shape index (κ1) is 24.4. The maximum atomic E-state index is 11.9. The Kier molecular flexibility index (Phi) is 14.7. The van der Waals surface area contributed by atoms with Crippen LogP contribution >= 0.6 is 24.0 Å². The summed E-state index contributed by atoms with van der Waals surface area (Å²) in [5.74, 6) is 0.875. The van der Waals surface area contributed by atoms with Crippen molar-refractivity contribution in [3.05, 3.63) is 48.6 Å². The number of benzene rings is 1. The van der Waals surface area contributed by atoms with E-state index in [4.69, 9.17) is 0 Å². The summed E-state index contributed by atoms with van der Waals surface area (Å²) in [6.45, 7) is 6.16. The summed E-state index contributed by atoms with van der Waals surface area (Å²) in [4.78, 5) is 18.4. The Morgan fingerprint density at radius 2 is 1.81 bits per heavy atom. The fourth-order valence-corrected chi connectivity index (χ4v) is 2.49. The highest BCUT2D eigenvalue weighted by molar-refractivity contribution is 14.0. The maximum Gasteiger partial charge on any atom is 0.251 e. The van der Waals surface area contributed by atoms with Crippen LogP contribution in [0.25, 0.3) is 0 Å². The summed E-state index contributed by atoms with van der Waals surface area (Å²) >= 11 is 0. The number of rotatable bonds is 11. The van der Waals surface area contributed by atoms with Crippen LogP contribution < -0.4 is 10.6 Å². The molecule has 0 aliphatic rings. The molecule has 6 heteroatoms. The largest absolute Gasteiger partial charge is 0.356 e. The summed E-state index contributed by atoms with van der Waals surface area (Å²) < 4.78 is 0. The van der Waals surface area contributed by atoms with Crippen molar-refractivity contribution in [1.29, 1.82) is 0 Å². The number of nitrogens with zero attached hydrogens (tertiary/aromatic N) is 2. The number of carbonyl (C=O) groups is 1. The lowest BCUT2D eigenvalue weighted by atomic mass is 10.2. The van der Waals surface area contributed by atoms with E-state index in [0.717, 1.165) is 38.3 Å². The number of unbranched alkanes of at least 4 members (excludes halogenated alkanes) is 3. The SMILES string of the molecule is C=CCCCCCN(C)C(=NC)NCCCNC(=O)c1ccccc1.I. The van der Waals surface area contributed by atoms with Gasteiger partial charge in [-0.15, -0.1) is 30.6 Å². The van der Waals surface area contributed by atoms with Crippen molar-refractivity contribution in [3.63, 3.8) is 0 Å². The van der Waals surface area contributed by atoms with Crippen molar-refractivity contribution in [2.45, 2.75) is 32.1 Å². The summed E-state index contributed by atoms with van der Waals surface area (Å²) in [5.41, 5.74) is 0.697. The number of aliphatic imine (C=N–C) groups is 1. The predicted molar refractivity (Wildman–Crippen MR) is 121 cm³/mol. The first-order chi connectivity index (χ1) is 12.2. The van der Waals surface area contributed by atoms with Gasteiger partial charge in [0.1, 0.15) is 0 Å². The molecule has 1 aromatic rings. The van der Waals surface area contributed by atoms with E-state index in [1.807, 2.05) is 36.4 Å². The van der Waals surface area contributed by atoms with Gasteiger partial charge in [-0.25, -0.2) is 0 Å². The molecule has 5 nitrogen and oxygen atoms in total. The van der Waals surface area contributed by atoms with Crippen molar-refractivity contribution in [2.75, 3.05) is 33.7 Å². The van der Waals surface area contributed by atoms with Crippen LogP contribution in [-0.4, -0.2) is 50.5 Å². The average molecular weight is 472 g/mol. The minimum atomic E-state index is -0.0263. The van der Waals surface area contributed by atoms with E-state index < -0.39 is 0 Å². The van der Waals surface area contributed by atoms with Crippen LogP contribution in [0.5, 0.6) is 0 Å². The Morgan fingerprint density at radius 1 is 1.12 bits per heavy atom. The van der Waals surface area contributed by atoms with Gasteiger partial charge in [-0.1, -0.05) is 30.7 Å². The molecule has 0 radical (unpaired) electrons. The number of hydrogen-bond donors (Lipinski definition) is 2. The lowest BCUT2D eigenvalue weighted by Crippen LogP contribution is -2.40. The second-order valence-electron chi connectivity index (χ2n) is 6.01. The molecule has 0 aromatic heterocycles. The number of hydrogen-bond acceptors (Lipinski definition) is 2.